The molecule has 0 heterocycles. The summed E-state index contributed by atoms with van der Waals surface area (Å²) < 4.78 is 10.5. The Morgan fingerprint density at radius 1 is 1.35 bits per heavy atom. The van der Waals surface area contributed by atoms with E-state index in [9.17, 15) is 4.79 Å². The lowest BCUT2D eigenvalue weighted by molar-refractivity contribution is -0.0136. The van der Waals surface area contributed by atoms with E-state index < -0.39 is 0 Å². The molecule has 0 saturated carbocycles. The Morgan fingerprint density at radius 2 is 2.00 bits per heavy atom. The Morgan fingerprint density at radius 3 is 2.50 bits per heavy atom. The van der Waals surface area contributed by atoms with Crippen LogP contribution in [0.1, 0.15) is 44.5 Å². The molecule has 1 aromatic carbocycles. The Bertz CT molecular complexity index is 393. The third-order valence-corrected chi connectivity index (χ3v) is 3.16. The average molecular weight is 301 g/mol. The summed E-state index contributed by atoms with van der Waals surface area (Å²) in [6, 6.07) is 6.74. The Labute approximate surface area is 127 Å². The van der Waals surface area contributed by atoms with Crippen LogP contribution in [0, 0.1) is 5.92 Å². The molecule has 3 nitrogen and oxygen atoms in total. The van der Waals surface area contributed by atoms with Crippen molar-refractivity contribution in [1.29, 1.82) is 0 Å². The van der Waals surface area contributed by atoms with Gasteiger partial charge in [0.15, 0.2) is 0 Å². The van der Waals surface area contributed by atoms with Gasteiger partial charge in [0.05, 0.1) is 12.2 Å². The van der Waals surface area contributed by atoms with Gasteiger partial charge in [0, 0.05) is 12.1 Å². The van der Waals surface area contributed by atoms with E-state index in [0.717, 1.165) is 6.42 Å². The summed E-state index contributed by atoms with van der Waals surface area (Å²) in [4.78, 5) is 12.0. The fourth-order valence-electron chi connectivity index (χ4n) is 1.56. The lowest BCUT2D eigenvalue weighted by Gasteiger charge is -2.22. The molecule has 0 bridgehead atoms. The van der Waals surface area contributed by atoms with Gasteiger partial charge >= 0.3 is 5.97 Å². The highest BCUT2D eigenvalue weighted by Gasteiger charge is 2.21. The molecule has 1 aromatic rings. The third kappa shape index (κ3) is 6.40. The number of rotatable bonds is 6. The lowest BCUT2D eigenvalue weighted by atomic mass is 10.0. The van der Waals surface area contributed by atoms with Gasteiger partial charge in [0.2, 0.25) is 0 Å². The smallest absolute Gasteiger partial charge is 0.338 e. The van der Waals surface area contributed by atoms with Crippen LogP contribution in [0.4, 0.5) is 0 Å². The molecule has 0 fully saturated rings. The molecule has 0 aliphatic heterocycles. The SMILES string of the molecule is CC.CCC(C)C(COC)OC(=O)c1cccc(Cl)c1. The number of ether oxygens (including phenoxy) is 2. The van der Waals surface area contributed by atoms with Crippen LogP contribution < -0.4 is 0 Å². The molecule has 0 aliphatic rings. The van der Waals surface area contributed by atoms with E-state index in [1.54, 1.807) is 31.4 Å². The lowest BCUT2D eigenvalue weighted by Crippen LogP contribution is -2.29. The van der Waals surface area contributed by atoms with Crippen LogP contribution >= 0.6 is 11.6 Å². The largest absolute Gasteiger partial charge is 0.456 e. The summed E-state index contributed by atoms with van der Waals surface area (Å²) in [7, 11) is 1.60. The number of hydrogen-bond acceptors (Lipinski definition) is 3. The summed E-state index contributed by atoms with van der Waals surface area (Å²) in [5.74, 6) is -0.104. The van der Waals surface area contributed by atoms with E-state index >= 15 is 0 Å². The van der Waals surface area contributed by atoms with Crippen LogP contribution in [-0.2, 0) is 9.47 Å². The molecule has 0 amide bonds. The molecule has 20 heavy (non-hydrogen) atoms. The van der Waals surface area contributed by atoms with Crippen molar-refractivity contribution in [2.45, 2.75) is 40.2 Å². The van der Waals surface area contributed by atoms with Crippen molar-refractivity contribution < 1.29 is 14.3 Å². The Hall–Kier alpha value is -1.06. The summed E-state index contributed by atoms with van der Waals surface area (Å²) >= 11 is 5.84. The fourth-order valence-corrected chi connectivity index (χ4v) is 1.75. The maximum absolute atomic E-state index is 12.0. The minimum absolute atomic E-state index is 0.230. The van der Waals surface area contributed by atoms with Crippen molar-refractivity contribution in [3.63, 3.8) is 0 Å². The number of carbonyl (C=O) groups excluding carboxylic acids is 1. The van der Waals surface area contributed by atoms with Gasteiger partial charge in [0.25, 0.3) is 0 Å². The van der Waals surface area contributed by atoms with Crippen molar-refractivity contribution in [2.75, 3.05) is 13.7 Å². The summed E-state index contributed by atoms with van der Waals surface area (Å²) in [5, 5.41) is 0.524. The van der Waals surface area contributed by atoms with E-state index in [0.29, 0.717) is 17.2 Å². The third-order valence-electron chi connectivity index (χ3n) is 2.93. The van der Waals surface area contributed by atoms with Crippen LogP contribution in [-0.4, -0.2) is 25.8 Å². The maximum atomic E-state index is 12.0. The highest BCUT2D eigenvalue weighted by Crippen LogP contribution is 2.16. The molecular weight excluding hydrogens is 276 g/mol. The first-order valence-corrected chi connectivity index (χ1v) is 7.41. The van der Waals surface area contributed by atoms with Crippen LogP contribution in [0.5, 0.6) is 0 Å². The van der Waals surface area contributed by atoms with Crippen LogP contribution in [0.3, 0.4) is 0 Å². The van der Waals surface area contributed by atoms with Gasteiger partial charge < -0.3 is 9.47 Å². The number of carbonyl (C=O) groups is 1. The second-order valence-corrected chi connectivity index (χ2v) is 4.73. The second kappa shape index (κ2) is 10.7. The number of esters is 1. The summed E-state index contributed by atoms with van der Waals surface area (Å²) in [5.41, 5.74) is 0.465. The standard InChI is InChI=1S/C14H19ClO3.C2H6/c1-4-10(2)13(9-17-3)18-14(16)11-6-5-7-12(15)8-11;1-2/h5-8,10,13H,4,9H2,1-3H3;1-2H3. The molecule has 0 radical (unpaired) electrons. The van der Waals surface area contributed by atoms with Crippen LogP contribution in [0.15, 0.2) is 24.3 Å². The molecule has 0 spiro atoms. The number of methoxy groups -OCH3 is 1. The molecule has 1 rings (SSSR count). The first-order valence-electron chi connectivity index (χ1n) is 7.04. The quantitative estimate of drug-likeness (QED) is 0.721. The van der Waals surface area contributed by atoms with Gasteiger partial charge in [0.1, 0.15) is 6.10 Å². The van der Waals surface area contributed by atoms with Gasteiger partial charge in [-0.05, 0) is 30.5 Å². The monoisotopic (exact) mass is 300 g/mol. The minimum Gasteiger partial charge on any atom is -0.456 e. The topological polar surface area (TPSA) is 35.5 Å². The van der Waals surface area contributed by atoms with Gasteiger partial charge in [-0.25, -0.2) is 4.79 Å². The highest BCUT2D eigenvalue weighted by atomic mass is 35.5. The minimum atomic E-state index is -0.361. The molecule has 4 heteroatoms. The van der Waals surface area contributed by atoms with Crippen molar-refractivity contribution >= 4 is 17.6 Å². The molecule has 0 aliphatic carbocycles. The normalized spacial score (nSPS) is 12.9. The van der Waals surface area contributed by atoms with Crippen LogP contribution in [0.2, 0.25) is 5.02 Å². The molecule has 0 aromatic heterocycles. The first-order chi connectivity index (χ1) is 9.58. The second-order valence-electron chi connectivity index (χ2n) is 4.29. The maximum Gasteiger partial charge on any atom is 0.338 e. The average Bonchev–Trinajstić information content (AvgIpc) is 2.48. The fraction of sp³-hybridized carbons (Fsp3) is 0.562. The van der Waals surface area contributed by atoms with Gasteiger partial charge in [-0.2, -0.15) is 0 Å². The molecular formula is C16H25ClO3. The van der Waals surface area contributed by atoms with E-state index in [1.165, 1.54) is 0 Å². The van der Waals surface area contributed by atoms with Crippen LogP contribution in [0.25, 0.3) is 0 Å². The molecule has 2 unspecified atom stereocenters. The Balaban J connectivity index is 0.00000172. The van der Waals surface area contributed by atoms with Gasteiger partial charge in [-0.15, -0.1) is 0 Å². The summed E-state index contributed by atoms with van der Waals surface area (Å²) in [6.45, 7) is 8.50. The van der Waals surface area contributed by atoms with Gasteiger partial charge in [-0.1, -0.05) is 45.4 Å². The first kappa shape index (κ1) is 18.9. The zero-order valence-corrected chi connectivity index (χ0v) is 13.7. The molecule has 0 saturated heterocycles. The number of benzene rings is 1. The summed E-state index contributed by atoms with van der Waals surface area (Å²) in [6.07, 6.45) is 0.697. The van der Waals surface area contributed by atoms with E-state index in [1.807, 2.05) is 20.8 Å². The predicted octanol–water partition coefficient (Wildman–Crippen LogP) is 4.58. The van der Waals surface area contributed by atoms with Gasteiger partial charge in [-0.3, -0.25) is 0 Å². The number of hydrogen-bond donors (Lipinski definition) is 0. The van der Waals surface area contributed by atoms with Crippen molar-refractivity contribution in [1.82, 2.24) is 0 Å². The zero-order chi connectivity index (χ0) is 15.5. The molecule has 114 valence electrons. The van der Waals surface area contributed by atoms with Crippen molar-refractivity contribution in [3.8, 4) is 0 Å². The van der Waals surface area contributed by atoms with Crippen molar-refractivity contribution in [2.24, 2.45) is 5.92 Å². The van der Waals surface area contributed by atoms with E-state index in [-0.39, 0.29) is 18.0 Å². The van der Waals surface area contributed by atoms with E-state index in [2.05, 4.69) is 6.92 Å². The Kier molecular flexibility index (Phi) is 10.1. The molecule has 0 N–H and O–H groups in total. The number of halogens is 1. The molecule has 2 atom stereocenters. The predicted molar refractivity (Wildman–Crippen MR) is 83.3 cm³/mol. The zero-order valence-electron chi connectivity index (χ0n) is 13.0. The van der Waals surface area contributed by atoms with Crippen molar-refractivity contribution in [3.05, 3.63) is 34.9 Å². The highest BCUT2D eigenvalue weighted by molar-refractivity contribution is 6.30. The van der Waals surface area contributed by atoms with E-state index in [4.69, 9.17) is 21.1 Å².